The third-order valence-electron chi connectivity index (χ3n) is 4.78. The van der Waals surface area contributed by atoms with Crippen LogP contribution in [0.25, 0.3) is 0 Å². The number of carboxylic acid groups (broad SMARTS) is 1. The number of guanidine groups is 1. The number of aliphatic carboxylic acids is 1. The van der Waals surface area contributed by atoms with Gasteiger partial charge in [0, 0.05) is 24.9 Å². The molecule has 1 rings (SSSR count). The van der Waals surface area contributed by atoms with Gasteiger partial charge in [0.25, 0.3) is 0 Å². The highest BCUT2D eigenvalue weighted by Crippen LogP contribution is 2.02. The molecule has 0 aliphatic heterocycles. The number of aromatic amines is 1. The number of aromatic nitrogens is 2. The van der Waals surface area contributed by atoms with E-state index in [2.05, 4.69) is 30.9 Å². The summed E-state index contributed by atoms with van der Waals surface area (Å²) in [5.41, 5.74) is 16.7. The normalized spacial score (nSPS) is 15.1. The molecule has 13 N–H and O–H groups in total. The third kappa shape index (κ3) is 10.4. The molecule has 0 aliphatic rings. The van der Waals surface area contributed by atoms with Crippen LogP contribution in [0.5, 0.6) is 0 Å². The Labute approximate surface area is 200 Å². The molecule has 0 aliphatic carbocycles. The van der Waals surface area contributed by atoms with Crippen molar-refractivity contribution in [2.45, 2.75) is 56.5 Å². The number of rotatable bonds is 15. The Morgan fingerprint density at radius 3 is 2.29 bits per heavy atom. The van der Waals surface area contributed by atoms with E-state index in [9.17, 15) is 34.5 Å². The van der Waals surface area contributed by atoms with Crippen molar-refractivity contribution in [3.63, 3.8) is 0 Å². The fourth-order valence-electron chi connectivity index (χ4n) is 2.86. The highest BCUT2D eigenvalue weighted by atomic mass is 16.4. The van der Waals surface area contributed by atoms with Gasteiger partial charge in [-0.15, -0.1) is 0 Å². The number of aliphatic hydroxyl groups is 2. The standard InChI is InChI=1S/C19H33N9O7/c1-9(30)14(28-15(31)11(20)3-2-4-24-19(21)22)17(33)27-13(7-29)16(32)26-12(18(34)35)5-10-6-23-8-25-10/h6,8-9,11-14,29-30H,2-5,7,20H2,1H3,(H,23,25)(H,26,32)(H,27,33)(H,28,31)(H,34,35)(H4,21,22,24). The summed E-state index contributed by atoms with van der Waals surface area (Å²) >= 11 is 0. The summed E-state index contributed by atoms with van der Waals surface area (Å²) < 4.78 is 0. The Morgan fingerprint density at radius 1 is 1.11 bits per heavy atom. The maximum absolute atomic E-state index is 12.6. The van der Waals surface area contributed by atoms with Gasteiger partial charge in [0.1, 0.15) is 18.1 Å². The summed E-state index contributed by atoms with van der Waals surface area (Å²) in [6.07, 6.45) is 1.78. The molecule has 0 aromatic carbocycles. The quantitative estimate of drug-likeness (QED) is 0.0620. The molecule has 0 spiro atoms. The average Bonchev–Trinajstić information content (AvgIpc) is 3.30. The number of carbonyl (C=O) groups excluding carboxylic acids is 3. The van der Waals surface area contributed by atoms with Crippen LogP contribution in [0.1, 0.15) is 25.5 Å². The molecule has 1 aromatic rings. The van der Waals surface area contributed by atoms with Gasteiger partial charge in [-0.05, 0) is 19.8 Å². The van der Waals surface area contributed by atoms with Crippen molar-refractivity contribution in [1.82, 2.24) is 25.9 Å². The van der Waals surface area contributed by atoms with E-state index in [0.29, 0.717) is 12.1 Å². The summed E-state index contributed by atoms with van der Waals surface area (Å²) in [5.74, 6) is -4.17. The summed E-state index contributed by atoms with van der Waals surface area (Å²) in [6, 6.07) is -5.47. The van der Waals surface area contributed by atoms with E-state index in [4.69, 9.17) is 17.2 Å². The molecule has 196 valence electrons. The smallest absolute Gasteiger partial charge is 0.326 e. The number of nitrogens with one attached hydrogen (secondary N) is 4. The summed E-state index contributed by atoms with van der Waals surface area (Å²) in [4.78, 5) is 59.2. The first kappa shape index (κ1) is 29.3. The number of hydrogen-bond acceptors (Lipinski definition) is 9. The second-order valence-corrected chi connectivity index (χ2v) is 7.71. The van der Waals surface area contributed by atoms with Crippen molar-refractivity contribution in [3.8, 4) is 0 Å². The molecule has 1 heterocycles. The van der Waals surface area contributed by atoms with Crippen molar-refractivity contribution in [2.24, 2.45) is 22.2 Å². The first-order valence-electron chi connectivity index (χ1n) is 10.7. The van der Waals surface area contributed by atoms with E-state index in [1.54, 1.807) is 0 Å². The fourth-order valence-corrected chi connectivity index (χ4v) is 2.86. The van der Waals surface area contributed by atoms with Gasteiger partial charge < -0.3 is 53.5 Å². The number of H-pyrrole nitrogens is 1. The minimum Gasteiger partial charge on any atom is -0.480 e. The van der Waals surface area contributed by atoms with Crippen LogP contribution in [-0.2, 0) is 25.6 Å². The number of hydrogen-bond donors (Lipinski definition) is 10. The Kier molecular flexibility index (Phi) is 12.1. The molecule has 5 unspecified atom stereocenters. The number of amides is 3. The van der Waals surface area contributed by atoms with E-state index in [1.807, 2.05) is 0 Å². The lowest BCUT2D eigenvalue weighted by Crippen LogP contribution is -2.60. The molecule has 0 fully saturated rings. The molecular weight excluding hydrogens is 466 g/mol. The summed E-state index contributed by atoms with van der Waals surface area (Å²) in [6.45, 7) is 0.598. The monoisotopic (exact) mass is 499 g/mol. The zero-order valence-corrected chi connectivity index (χ0v) is 19.2. The number of imidazole rings is 1. The van der Waals surface area contributed by atoms with Gasteiger partial charge in [-0.2, -0.15) is 0 Å². The Hall–Kier alpha value is -3.76. The molecular formula is C19H33N9O7. The average molecular weight is 500 g/mol. The Balaban J connectivity index is 2.74. The lowest BCUT2D eigenvalue weighted by atomic mass is 10.1. The largest absolute Gasteiger partial charge is 0.480 e. The van der Waals surface area contributed by atoms with E-state index < -0.39 is 60.6 Å². The number of carboxylic acids is 1. The van der Waals surface area contributed by atoms with Crippen molar-refractivity contribution in [1.29, 1.82) is 0 Å². The second kappa shape index (κ2) is 14.5. The molecule has 3 amide bonds. The molecule has 0 bridgehead atoms. The first-order chi connectivity index (χ1) is 16.5. The van der Waals surface area contributed by atoms with Crippen LogP contribution in [-0.4, -0.2) is 98.4 Å². The number of nitrogens with two attached hydrogens (primary N) is 3. The third-order valence-corrected chi connectivity index (χ3v) is 4.78. The predicted octanol–water partition coefficient (Wildman–Crippen LogP) is -4.75. The SMILES string of the molecule is CC(O)C(NC(=O)C(N)CCCN=C(N)N)C(=O)NC(CO)C(=O)NC(Cc1cnc[nH]1)C(=O)O. The van der Waals surface area contributed by atoms with Crippen LogP contribution in [0.15, 0.2) is 17.5 Å². The van der Waals surface area contributed by atoms with Crippen LogP contribution < -0.4 is 33.2 Å². The highest BCUT2D eigenvalue weighted by Gasteiger charge is 2.32. The molecule has 35 heavy (non-hydrogen) atoms. The summed E-state index contributed by atoms with van der Waals surface area (Å²) in [5, 5.41) is 35.6. The van der Waals surface area contributed by atoms with Gasteiger partial charge in [0.15, 0.2) is 5.96 Å². The number of nitrogens with zero attached hydrogens (tertiary/aromatic N) is 2. The van der Waals surface area contributed by atoms with Gasteiger partial charge in [-0.25, -0.2) is 9.78 Å². The van der Waals surface area contributed by atoms with Crippen LogP contribution in [0.3, 0.4) is 0 Å². The van der Waals surface area contributed by atoms with Crippen LogP contribution in [0, 0.1) is 0 Å². The Bertz CT molecular complexity index is 872. The lowest BCUT2D eigenvalue weighted by molar-refractivity contribution is -0.142. The van der Waals surface area contributed by atoms with E-state index in [1.165, 1.54) is 19.4 Å². The first-order valence-corrected chi connectivity index (χ1v) is 10.7. The number of aliphatic hydroxyl groups excluding tert-OH is 2. The van der Waals surface area contributed by atoms with Gasteiger partial charge >= 0.3 is 5.97 Å². The van der Waals surface area contributed by atoms with E-state index >= 15 is 0 Å². The van der Waals surface area contributed by atoms with E-state index in [0.717, 1.165) is 0 Å². The second-order valence-electron chi connectivity index (χ2n) is 7.71. The molecule has 16 heteroatoms. The highest BCUT2D eigenvalue weighted by molar-refractivity contribution is 5.94. The van der Waals surface area contributed by atoms with Gasteiger partial charge in [0.05, 0.1) is 25.1 Å². The van der Waals surface area contributed by atoms with Crippen molar-refractivity contribution < 1.29 is 34.5 Å². The van der Waals surface area contributed by atoms with Crippen molar-refractivity contribution >= 4 is 29.7 Å². The molecule has 0 radical (unpaired) electrons. The van der Waals surface area contributed by atoms with Gasteiger partial charge in [0.2, 0.25) is 17.7 Å². The minimum absolute atomic E-state index is 0.104. The number of carbonyl (C=O) groups is 4. The maximum atomic E-state index is 12.6. The molecule has 16 nitrogen and oxygen atoms in total. The van der Waals surface area contributed by atoms with Crippen LogP contribution >= 0.6 is 0 Å². The topological polar surface area (TPSA) is 284 Å². The molecule has 0 saturated heterocycles. The molecule has 1 aromatic heterocycles. The molecule has 0 saturated carbocycles. The minimum atomic E-state index is -1.56. The van der Waals surface area contributed by atoms with Crippen LogP contribution in [0.4, 0.5) is 0 Å². The van der Waals surface area contributed by atoms with Crippen LogP contribution in [0.2, 0.25) is 0 Å². The Morgan fingerprint density at radius 2 is 1.77 bits per heavy atom. The van der Waals surface area contributed by atoms with Crippen molar-refractivity contribution in [3.05, 3.63) is 18.2 Å². The van der Waals surface area contributed by atoms with Crippen molar-refractivity contribution in [2.75, 3.05) is 13.2 Å². The summed E-state index contributed by atoms with van der Waals surface area (Å²) in [7, 11) is 0. The van der Waals surface area contributed by atoms with E-state index in [-0.39, 0.29) is 25.3 Å². The van der Waals surface area contributed by atoms with Gasteiger partial charge in [-0.3, -0.25) is 19.4 Å². The zero-order valence-electron chi connectivity index (χ0n) is 19.2. The fraction of sp³-hybridized carbons (Fsp3) is 0.579. The van der Waals surface area contributed by atoms with Gasteiger partial charge in [-0.1, -0.05) is 0 Å². The lowest BCUT2D eigenvalue weighted by Gasteiger charge is -2.25. The number of aliphatic imine (C=N–C) groups is 1. The zero-order chi connectivity index (χ0) is 26.5. The predicted molar refractivity (Wildman–Crippen MR) is 122 cm³/mol. The molecule has 5 atom stereocenters. The maximum Gasteiger partial charge on any atom is 0.326 e.